The van der Waals surface area contributed by atoms with Gasteiger partial charge in [-0.05, 0) is 35.6 Å². The predicted octanol–water partition coefficient (Wildman–Crippen LogP) is 4.49. The molecule has 20 heavy (non-hydrogen) atoms. The summed E-state index contributed by atoms with van der Waals surface area (Å²) in [5.41, 5.74) is 1.84. The third-order valence-corrected chi connectivity index (χ3v) is 3.82. The van der Waals surface area contributed by atoms with E-state index in [-0.39, 0.29) is 5.91 Å². The van der Waals surface area contributed by atoms with Gasteiger partial charge >= 0.3 is 0 Å². The van der Waals surface area contributed by atoms with Crippen LogP contribution in [-0.2, 0) is 6.54 Å². The van der Waals surface area contributed by atoms with Gasteiger partial charge < -0.3 is 5.32 Å². The van der Waals surface area contributed by atoms with Gasteiger partial charge in [0, 0.05) is 10.4 Å². The Labute approximate surface area is 124 Å². The Kier molecular flexibility index (Phi) is 5.56. The normalized spacial score (nSPS) is 10.8. The summed E-state index contributed by atoms with van der Waals surface area (Å²) in [5.74, 6) is -0.0255. The molecular weight excluding hydrogens is 266 g/mol. The van der Waals surface area contributed by atoms with Gasteiger partial charge in [0.15, 0.2) is 0 Å². The number of rotatable bonds is 6. The van der Waals surface area contributed by atoms with Gasteiger partial charge in [-0.2, -0.15) is 0 Å². The minimum absolute atomic E-state index is 0.0255. The minimum atomic E-state index is -0.0255. The molecule has 2 nitrogen and oxygen atoms in total. The maximum atomic E-state index is 12.0. The number of hydrogen-bond acceptors (Lipinski definition) is 2. The van der Waals surface area contributed by atoms with Crippen LogP contribution in [0.15, 0.2) is 47.9 Å². The van der Waals surface area contributed by atoms with Crippen LogP contribution >= 0.6 is 11.3 Å². The number of amides is 1. The van der Waals surface area contributed by atoms with Crippen molar-refractivity contribution < 1.29 is 4.79 Å². The van der Waals surface area contributed by atoms with E-state index in [4.69, 9.17) is 0 Å². The van der Waals surface area contributed by atoms with Gasteiger partial charge in [0.05, 0.1) is 6.54 Å². The van der Waals surface area contributed by atoms with E-state index in [1.165, 1.54) is 0 Å². The molecular formula is C17H19NOS. The summed E-state index contributed by atoms with van der Waals surface area (Å²) in [7, 11) is 0. The Morgan fingerprint density at radius 3 is 2.70 bits per heavy atom. The van der Waals surface area contributed by atoms with Crippen molar-refractivity contribution in [2.24, 2.45) is 0 Å². The van der Waals surface area contributed by atoms with E-state index >= 15 is 0 Å². The molecule has 0 atom stereocenters. The molecule has 0 aliphatic heterocycles. The van der Waals surface area contributed by atoms with E-state index in [2.05, 4.69) is 24.4 Å². The van der Waals surface area contributed by atoms with Crippen LogP contribution in [0, 0.1) is 0 Å². The fourth-order valence-corrected chi connectivity index (χ4v) is 2.46. The summed E-state index contributed by atoms with van der Waals surface area (Å²) in [6.45, 7) is 2.75. The molecule has 1 N–H and O–H groups in total. The summed E-state index contributed by atoms with van der Waals surface area (Å²) in [6.07, 6.45) is 6.49. The van der Waals surface area contributed by atoms with Crippen molar-refractivity contribution >= 4 is 23.3 Å². The van der Waals surface area contributed by atoms with Crippen molar-refractivity contribution in [3.05, 3.63) is 63.9 Å². The third-order valence-electron chi connectivity index (χ3n) is 2.94. The second-order valence-corrected chi connectivity index (χ2v) is 5.61. The molecule has 0 aliphatic rings. The first kappa shape index (κ1) is 14.5. The fourth-order valence-electron chi connectivity index (χ4n) is 1.81. The topological polar surface area (TPSA) is 29.1 Å². The van der Waals surface area contributed by atoms with Gasteiger partial charge in [0.2, 0.25) is 0 Å². The zero-order valence-corrected chi connectivity index (χ0v) is 12.5. The Morgan fingerprint density at radius 2 is 2.05 bits per heavy atom. The third kappa shape index (κ3) is 4.35. The van der Waals surface area contributed by atoms with Crippen LogP contribution in [0.5, 0.6) is 0 Å². The van der Waals surface area contributed by atoms with Gasteiger partial charge in [-0.25, -0.2) is 0 Å². The SMILES string of the molecule is CCCC=Cc1ccc(C(=O)NCc2cccs2)cc1. The number of allylic oxidation sites excluding steroid dienone is 1. The van der Waals surface area contributed by atoms with Gasteiger partial charge in [0.25, 0.3) is 5.91 Å². The highest BCUT2D eigenvalue weighted by atomic mass is 32.1. The highest BCUT2D eigenvalue weighted by Gasteiger charge is 2.04. The van der Waals surface area contributed by atoms with Crippen molar-refractivity contribution in [2.45, 2.75) is 26.3 Å². The summed E-state index contributed by atoms with van der Waals surface area (Å²) < 4.78 is 0. The largest absolute Gasteiger partial charge is 0.347 e. The van der Waals surface area contributed by atoms with Crippen LogP contribution in [-0.4, -0.2) is 5.91 Å². The van der Waals surface area contributed by atoms with E-state index in [1.807, 2.05) is 41.8 Å². The molecule has 1 amide bonds. The molecule has 0 fully saturated rings. The second kappa shape index (κ2) is 7.65. The maximum Gasteiger partial charge on any atom is 0.251 e. The average Bonchev–Trinajstić information content (AvgIpc) is 2.99. The first-order valence-electron chi connectivity index (χ1n) is 6.87. The minimum Gasteiger partial charge on any atom is -0.347 e. The van der Waals surface area contributed by atoms with Crippen molar-refractivity contribution in [2.75, 3.05) is 0 Å². The van der Waals surface area contributed by atoms with Crippen molar-refractivity contribution in [1.82, 2.24) is 5.32 Å². The molecule has 1 heterocycles. The van der Waals surface area contributed by atoms with Crippen LogP contribution in [0.3, 0.4) is 0 Å². The number of nitrogens with one attached hydrogen (secondary N) is 1. The highest BCUT2D eigenvalue weighted by Crippen LogP contribution is 2.10. The molecule has 0 spiro atoms. The standard InChI is InChI=1S/C17H19NOS/c1-2-3-4-6-14-8-10-15(11-9-14)17(19)18-13-16-7-5-12-20-16/h4-12H,2-3,13H2,1H3,(H,18,19). The van der Waals surface area contributed by atoms with E-state index < -0.39 is 0 Å². The summed E-state index contributed by atoms with van der Waals surface area (Å²) in [6, 6.07) is 11.7. The van der Waals surface area contributed by atoms with Crippen LogP contribution in [0.25, 0.3) is 6.08 Å². The molecule has 1 aromatic heterocycles. The van der Waals surface area contributed by atoms with Gasteiger partial charge in [-0.3, -0.25) is 4.79 Å². The molecule has 0 saturated carbocycles. The molecule has 1 aromatic carbocycles. The molecule has 0 saturated heterocycles. The zero-order chi connectivity index (χ0) is 14.2. The van der Waals surface area contributed by atoms with E-state index in [9.17, 15) is 4.79 Å². The highest BCUT2D eigenvalue weighted by molar-refractivity contribution is 7.09. The molecule has 0 aliphatic carbocycles. The average molecular weight is 285 g/mol. The first-order chi connectivity index (χ1) is 9.79. The summed E-state index contributed by atoms with van der Waals surface area (Å²) in [4.78, 5) is 13.2. The van der Waals surface area contributed by atoms with Crippen LogP contribution in [0.1, 0.15) is 40.6 Å². The lowest BCUT2D eigenvalue weighted by molar-refractivity contribution is 0.0951. The maximum absolute atomic E-state index is 12.0. The van der Waals surface area contributed by atoms with Crippen molar-refractivity contribution in [1.29, 1.82) is 0 Å². The monoisotopic (exact) mass is 285 g/mol. The lowest BCUT2D eigenvalue weighted by Crippen LogP contribution is -2.22. The lowest BCUT2D eigenvalue weighted by Gasteiger charge is -2.04. The number of carbonyl (C=O) groups excluding carboxylic acids is 1. The van der Waals surface area contributed by atoms with Crippen LogP contribution in [0.4, 0.5) is 0 Å². The summed E-state index contributed by atoms with van der Waals surface area (Å²) >= 11 is 1.65. The Morgan fingerprint density at radius 1 is 1.25 bits per heavy atom. The Hall–Kier alpha value is -1.87. The first-order valence-corrected chi connectivity index (χ1v) is 7.74. The Balaban J connectivity index is 1.90. The summed E-state index contributed by atoms with van der Waals surface area (Å²) in [5, 5.41) is 4.94. The molecule has 3 heteroatoms. The molecule has 0 bridgehead atoms. The Bertz CT molecular complexity index is 555. The number of thiophene rings is 1. The van der Waals surface area contributed by atoms with E-state index in [0.717, 1.165) is 23.3 Å². The number of benzene rings is 1. The van der Waals surface area contributed by atoms with E-state index in [1.54, 1.807) is 11.3 Å². The quantitative estimate of drug-likeness (QED) is 0.832. The fraction of sp³-hybridized carbons (Fsp3) is 0.235. The van der Waals surface area contributed by atoms with E-state index in [0.29, 0.717) is 12.1 Å². The van der Waals surface area contributed by atoms with Gasteiger partial charge in [0.1, 0.15) is 0 Å². The van der Waals surface area contributed by atoms with Crippen molar-refractivity contribution in [3.8, 4) is 0 Å². The molecule has 104 valence electrons. The molecule has 0 radical (unpaired) electrons. The van der Waals surface area contributed by atoms with Crippen LogP contribution in [0.2, 0.25) is 0 Å². The lowest BCUT2D eigenvalue weighted by atomic mass is 10.1. The number of carbonyl (C=O) groups is 1. The number of unbranched alkanes of at least 4 members (excludes halogenated alkanes) is 1. The van der Waals surface area contributed by atoms with Crippen molar-refractivity contribution in [3.63, 3.8) is 0 Å². The molecule has 2 aromatic rings. The van der Waals surface area contributed by atoms with Gasteiger partial charge in [-0.15, -0.1) is 11.3 Å². The molecule has 2 rings (SSSR count). The smallest absolute Gasteiger partial charge is 0.251 e. The number of hydrogen-bond donors (Lipinski definition) is 1. The second-order valence-electron chi connectivity index (χ2n) is 4.58. The zero-order valence-electron chi connectivity index (χ0n) is 11.6. The van der Waals surface area contributed by atoms with Gasteiger partial charge in [-0.1, -0.05) is 43.7 Å². The van der Waals surface area contributed by atoms with Crippen LogP contribution < -0.4 is 5.32 Å². The predicted molar refractivity (Wildman–Crippen MR) is 85.9 cm³/mol. The molecule has 0 unspecified atom stereocenters.